The number of ether oxygens (including phenoxy) is 1. The van der Waals surface area contributed by atoms with Gasteiger partial charge in [0.25, 0.3) is 5.91 Å². The average Bonchev–Trinajstić information content (AvgIpc) is 3.54. The number of hydrogen-bond acceptors (Lipinski definition) is 5. The maximum absolute atomic E-state index is 13.0. The van der Waals surface area contributed by atoms with Gasteiger partial charge in [0.2, 0.25) is 5.76 Å². The number of aryl methyl sites for hydroxylation is 1. The Kier molecular flexibility index (Phi) is 5.70. The third kappa shape index (κ3) is 4.33. The van der Waals surface area contributed by atoms with E-state index in [9.17, 15) is 14.4 Å². The largest absolute Gasteiger partial charge is 0.463 e. The summed E-state index contributed by atoms with van der Waals surface area (Å²) in [5, 5.41) is 3.62. The molecule has 176 valence electrons. The molecular weight excluding hydrogens is 446 g/mol. The number of nitrogens with zero attached hydrogens (tertiary/aromatic N) is 2. The Morgan fingerprint density at radius 1 is 1.03 bits per heavy atom. The number of fused-ring (bicyclic) bond motifs is 1. The number of methoxy groups -OCH3 is 1. The Labute approximate surface area is 201 Å². The van der Waals surface area contributed by atoms with E-state index in [1.54, 1.807) is 6.08 Å². The van der Waals surface area contributed by atoms with Crippen LogP contribution in [-0.4, -0.2) is 34.5 Å². The molecule has 0 saturated carbocycles. The second kappa shape index (κ2) is 8.98. The van der Waals surface area contributed by atoms with Gasteiger partial charge in [0.15, 0.2) is 0 Å². The Morgan fingerprint density at radius 2 is 1.80 bits per heavy atom. The molecule has 5 rings (SSSR count). The highest BCUT2D eigenvalue weighted by molar-refractivity contribution is 6.14. The van der Waals surface area contributed by atoms with Crippen molar-refractivity contribution in [3.63, 3.8) is 0 Å². The molecule has 1 fully saturated rings. The molecule has 0 bridgehead atoms. The standard InChI is InChI=1S/C27H23N3O5/c1-17-7-9-18(10-8-17)14-29-15-19(21-5-3-4-6-23(21)29)13-22-25(31)30(27(33)28-22)16-20-11-12-24(35-20)26(32)34-2/h3-13,15H,14,16H2,1-2H3,(H,28,33). The van der Waals surface area contributed by atoms with Crippen LogP contribution in [0.1, 0.15) is 33.0 Å². The molecule has 1 saturated heterocycles. The molecule has 0 atom stereocenters. The van der Waals surface area contributed by atoms with Gasteiger partial charge in [-0.05, 0) is 36.8 Å². The van der Waals surface area contributed by atoms with Crippen LogP contribution in [0.15, 0.2) is 77.0 Å². The molecule has 8 heteroatoms. The second-order valence-corrected chi connectivity index (χ2v) is 8.35. The SMILES string of the molecule is COC(=O)c1ccc(CN2C(=O)NC(=Cc3cn(Cc4ccc(C)cc4)c4ccccc34)C2=O)o1. The van der Waals surface area contributed by atoms with Gasteiger partial charge in [-0.15, -0.1) is 0 Å². The van der Waals surface area contributed by atoms with Gasteiger partial charge >= 0.3 is 12.0 Å². The molecule has 0 radical (unpaired) electrons. The summed E-state index contributed by atoms with van der Waals surface area (Å²) in [6, 6.07) is 18.7. The molecule has 1 aliphatic heterocycles. The molecule has 3 amide bonds. The lowest BCUT2D eigenvalue weighted by Crippen LogP contribution is -2.30. The van der Waals surface area contributed by atoms with Crippen molar-refractivity contribution >= 4 is 34.9 Å². The van der Waals surface area contributed by atoms with Crippen molar-refractivity contribution in [3.05, 3.63) is 101 Å². The van der Waals surface area contributed by atoms with E-state index in [0.29, 0.717) is 12.3 Å². The highest BCUT2D eigenvalue weighted by Gasteiger charge is 2.34. The number of amides is 3. The van der Waals surface area contributed by atoms with Gasteiger partial charge in [-0.3, -0.25) is 9.69 Å². The van der Waals surface area contributed by atoms with Crippen molar-refractivity contribution in [2.45, 2.75) is 20.0 Å². The monoisotopic (exact) mass is 469 g/mol. The van der Waals surface area contributed by atoms with Crippen LogP contribution in [0.3, 0.4) is 0 Å². The molecule has 2 aromatic carbocycles. The number of rotatable bonds is 6. The van der Waals surface area contributed by atoms with Crippen LogP contribution in [-0.2, 0) is 22.6 Å². The van der Waals surface area contributed by atoms with Crippen molar-refractivity contribution in [2.75, 3.05) is 7.11 Å². The lowest BCUT2D eigenvalue weighted by Gasteiger charge is -2.09. The predicted octanol–water partition coefficient (Wildman–Crippen LogP) is 4.47. The minimum absolute atomic E-state index is 0.00621. The summed E-state index contributed by atoms with van der Waals surface area (Å²) in [5.41, 5.74) is 4.39. The van der Waals surface area contributed by atoms with Gasteiger partial charge in [-0.25, -0.2) is 9.59 Å². The number of urea groups is 1. The Morgan fingerprint density at radius 3 is 2.57 bits per heavy atom. The highest BCUT2D eigenvalue weighted by Crippen LogP contribution is 2.26. The molecule has 0 spiro atoms. The molecule has 0 unspecified atom stereocenters. The van der Waals surface area contributed by atoms with E-state index in [2.05, 4.69) is 45.8 Å². The fourth-order valence-electron chi connectivity index (χ4n) is 4.11. The third-order valence-corrected chi connectivity index (χ3v) is 5.92. The number of carbonyl (C=O) groups excluding carboxylic acids is 3. The fraction of sp³-hybridized carbons (Fsp3) is 0.148. The topological polar surface area (TPSA) is 93.8 Å². The number of furan rings is 1. The minimum Gasteiger partial charge on any atom is -0.463 e. The van der Waals surface area contributed by atoms with Gasteiger partial charge in [0.05, 0.1) is 13.7 Å². The number of hydrogen-bond donors (Lipinski definition) is 1. The summed E-state index contributed by atoms with van der Waals surface area (Å²) in [6.07, 6.45) is 3.67. The molecule has 35 heavy (non-hydrogen) atoms. The zero-order chi connectivity index (χ0) is 24.5. The van der Waals surface area contributed by atoms with Gasteiger partial charge in [-0.2, -0.15) is 0 Å². The van der Waals surface area contributed by atoms with Gasteiger partial charge < -0.3 is 19.0 Å². The molecule has 1 N–H and O–H groups in total. The molecular formula is C27H23N3O5. The van der Waals surface area contributed by atoms with Crippen molar-refractivity contribution in [2.24, 2.45) is 0 Å². The lowest BCUT2D eigenvalue weighted by atomic mass is 10.1. The van der Waals surface area contributed by atoms with E-state index in [4.69, 9.17) is 4.42 Å². The summed E-state index contributed by atoms with van der Waals surface area (Å²) >= 11 is 0. The summed E-state index contributed by atoms with van der Waals surface area (Å²) in [5.74, 6) is -0.797. The predicted molar refractivity (Wildman–Crippen MR) is 129 cm³/mol. The zero-order valence-corrected chi connectivity index (χ0v) is 19.3. The normalized spacial score (nSPS) is 14.7. The smallest absolute Gasteiger partial charge is 0.373 e. The maximum atomic E-state index is 13.0. The van der Waals surface area contributed by atoms with Crippen LogP contribution in [0.2, 0.25) is 0 Å². The summed E-state index contributed by atoms with van der Waals surface area (Å²) in [4.78, 5) is 38.2. The highest BCUT2D eigenvalue weighted by atomic mass is 16.5. The van der Waals surface area contributed by atoms with Crippen LogP contribution in [0.25, 0.3) is 17.0 Å². The van der Waals surface area contributed by atoms with E-state index >= 15 is 0 Å². The summed E-state index contributed by atoms with van der Waals surface area (Å²) < 4.78 is 12.2. The number of benzene rings is 2. The van der Waals surface area contributed by atoms with Gasteiger partial charge in [0.1, 0.15) is 11.5 Å². The number of aromatic nitrogens is 1. The zero-order valence-electron chi connectivity index (χ0n) is 19.3. The number of imide groups is 1. The number of para-hydroxylation sites is 1. The van der Waals surface area contributed by atoms with E-state index in [0.717, 1.165) is 26.9 Å². The van der Waals surface area contributed by atoms with E-state index in [-0.39, 0.29) is 18.0 Å². The Balaban J connectivity index is 1.41. The van der Waals surface area contributed by atoms with Crippen molar-refractivity contribution < 1.29 is 23.5 Å². The molecule has 0 aliphatic carbocycles. The first-order valence-corrected chi connectivity index (χ1v) is 11.1. The van der Waals surface area contributed by atoms with Crippen LogP contribution in [0.5, 0.6) is 0 Å². The molecule has 3 heterocycles. The van der Waals surface area contributed by atoms with Crippen LogP contribution < -0.4 is 5.32 Å². The average molecular weight is 469 g/mol. The minimum atomic E-state index is -0.629. The van der Waals surface area contributed by atoms with Crippen LogP contribution >= 0.6 is 0 Å². The second-order valence-electron chi connectivity index (χ2n) is 8.35. The maximum Gasteiger partial charge on any atom is 0.373 e. The molecule has 1 aliphatic rings. The van der Waals surface area contributed by atoms with Crippen LogP contribution in [0.4, 0.5) is 4.79 Å². The molecule has 8 nitrogen and oxygen atoms in total. The van der Waals surface area contributed by atoms with Gasteiger partial charge in [0, 0.05) is 29.2 Å². The van der Waals surface area contributed by atoms with E-state index in [1.807, 2.05) is 30.5 Å². The van der Waals surface area contributed by atoms with Crippen molar-refractivity contribution in [3.8, 4) is 0 Å². The third-order valence-electron chi connectivity index (χ3n) is 5.92. The van der Waals surface area contributed by atoms with Gasteiger partial charge in [-0.1, -0.05) is 48.0 Å². The van der Waals surface area contributed by atoms with Crippen molar-refractivity contribution in [1.29, 1.82) is 0 Å². The lowest BCUT2D eigenvalue weighted by molar-refractivity contribution is -0.123. The first-order valence-electron chi connectivity index (χ1n) is 11.1. The van der Waals surface area contributed by atoms with E-state index < -0.39 is 17.9 Å². The van der Waals surface area contributed by atoms with Crippen LogP contribution in [0, 0.1) is 6.92 Å². The number of nitrogens with one attached hydrogen (secondary N) is 1. The summed E-state index contributed by atoms with van der Waals surface area (Å²) in [7, 11) is 1.25. The van der Waals surface area contributed by atoms with E-state index in [1.165, 1.54) is 24.8 Å². The molecule has 2 aromatic heterocycles. The first-order chi connectivity index (χ1) is 16.9. The molecule has 4 aromatic rings. The number of esters is 1. The quantitative estimate of drug-likeness (QED) is 0.255. The first kappa shape index (κ1) is 22.2. The van der Waals surface area contributed by atoms with Crippen molar-refractivity contribution in [1.82, 2.24) is 14.8 Å². The summed E-state index contributed by atoms with van der Waals surface area (Å²) in [6.45, 7) is 2.63. The number of carbonyl (C=O) groups is 3. The Hall–Kier alpha value is -4.59. The fourth-order valence-corrected chi connectivity index (χ4v) is 4.11. The Bertz CT molecular complexity index is 1480.